The van der Waals surface area contributed by atoms with Crippen LogP contribution in [0.5, 0.6) is 0 Å². The van der Waals surface area contributed by atoms with Crippen molar-refractivity contribution < 1.29 is 23.5 Å². The van der Waals surface area contributed by atoms with Gasteiger partial charge in [-0.1, -0.05) is 6.92 Å². The summed E-state index contributed by atoms with van der Waals surface area (Å²) in [6.07, 6.45) is 0. The van der Waals surface area contributed by atoms with Crippen LogP contribution in [-0.4, -0.2) is 35.1 Å². The highest BCUT2D eigenvalue weighted by Gasteiger charge is 2.37. The molecule has 2 atom stereocenters. The zero-order valence-electron chi connectivity index (χ0n) is 11.1. The number of benzene rings is 1. The molecule has 1 fully saturated rings. The lowest BCUT2D eigenvalue weighted by atomic mass is 9.99. The maximum atomic E-state index is 13.6. The summed E-state index contributed by atoms with van der Waals surface area (Å²) in [5.74, 6) is -3.30. The molecule has 21 heavy (non-hydrogen) atoms. The van der Waals surface area contributed by atoms with Crippen LogP contribution in [0.2, 0.25) is 0 Å². The van der Waals surface area contributed by atoms with E-state index in [1.54, 1.807) is 6.92 Å². The fourth-order valence-electron chi connectivity index (χ4n) is 2.27. The maximum Gasteiger partial charge on any atom is 0.321 e. The number of halogens is 3. The van der Waals surface area contributed by atoms with Crippen molar-refractivity contribution in [3.63, 3.8) is 0 Å². The van der Waals surface area contributed by atoms with Gasteiger partial charge in [-0.3, -0.25) is 4.79 Å². The second kappa shape index (κ2) is 5.97. The van der Waals surface area contributed by atoms with Crippen LogP contribution in [-0.2, 0) is 4.79 Å². The standard InChI is InChI=1S/C13H13BrF2N2O3/c1-6-4-18(5-7(6)12(19)20)13(21)17-11-3-9(15)8(14)2-10(11)16/h2-3,6-7H,4-5H2,1H3,(H,17,21)(H,19,20). The van der Waals surface area contributed by atoms with Crippen LogP contribution in [0.25, 0.3) is 0 Å². The van der Waals surface area contributed by atoms with Gasteiger partial charge in [0.05, 0.1) is 16.1 Å². The first-order chi connectivity index (χ1) is 9.79. The van der Waals surface area contributed by atoms with Crippen molar-refractivity contribution in [2.24, 2.45) is 11.8 Å². The van der Waals surface area contributed by atoms with E-state index in [2.05, 4.69) is 21.2 Å². The summed E-state index contributed by atoms with van der Waals surface area (Å²) in [6, 6.07) is 1.13. The van der Waals surface area contributed by atoms with E-state index >= 15 is 0 Å². The van der Waals surface area contributed by atoms with Crippen LogP contribution in [0.3, 0.4) is 0 Å². The molecular formula is C13H13BrF2N2O3. The zero-order chi connectivity index (χ0) is 15.7. The first-order valence-electron chi connectivity index (χ1n) is 6.23. The quantitative estimate of drug-likeness (QED) is 0.794. The number of likely N-dealkylation sites (tertiary alicyclic amines) is 1. The first kappa shape index (κ1) is 15.7. The second-order valence-electron chi connectivity index (χ2n) is 5.00. The third kappa shape index (κ3) is 3.31. The Kier molecular flexibility index (Phi) is 4.46. The van der Waals surface area contributed by atoms with Gasteiger partial charge in [0, 0.05) is 19.2 Å². The second-order valence-corrected chi connectivity index (χ2v) is 5.86. The molecule has 1 aliphatic rings. The zero-order valence-corrected chi connectivity index (χ0v) is 12.7. The van der Waals surface area contributed by atoms with Gasteiger partial charge in [-0.05, 0) is 27.9 Å². The molecule has 0 aromatic heterocycles. The Hall–Kier alpha value is -1.70. The van der Waals surface area contributed by atoms with Crippen molar-refractivity contribution in [2.45, 2.75) is 6.92 Å². The minimum atomic E-state index is -0.973. The monoisotopic (exact) mass is 362 g/mol. The van der Waals surface area contributed by atoms with Gasteiger partial charge >= 0.3 is 12.0 Å². The van der Waals surface area contributed by atoms with Crippen LogP contribution in [0.4, 0.5) is 19.3 Å². The first-order valence-corrected chi connectivity index (χ1v) is 7.02. The number of hydrogen-bond donors (Lipinski definition) is 2. The Morgan fingerprint density at radius 3 is 2.57 bits per heavy atom. The lowest BCUT2D eigenvalue weighted by molar-refractivity contribution is -0.142. The molecule has 1 saturated heterocycles. The molecule has 8 heteroatoms. The Morgan fingerprint density at radius 2 is 2.00 bits per heavy atom. The van der Waals surface area contributed by atoms with Gasteiger partial charge in [-0.15, -0.1) is 0 Å². The van der Waals surface area contributed by atoms with Crippen molar-refractivity contribution in [1.82, 2.24) is 4.90 Å². The molecular weight excluding hydrogens is 350 g/mol. The third-order valence-corrected chi connectivity index (χ3v) is 4.08. The van der Waals surface area contributed by atoms with Gasteiger partial charge in [-0.25, -0.2) is 13.6 Å². The Bertz CT molecular complexity index is 597. The largest absolute Gasteiger partial charge is 0.481 e. The summed E-state index contributed by atoms with van der Waals surface area (Å²) in [7, 11) is 0. The molecule has 2 amide bonds. The highest BCUT2D eigenvalue weighted by molar-refractivity contribution is 9.10. The van der Waals surface area contributed by atoms with Crippen molar-refractivity contribution in [3.05, 3.63) is 28.2 Å². The Labute approximate surface area is 128 Å². The minimum Gasteiger partial charge on any atom is -0.481 e. The van der Waals surface area contributed by atoms with Gasteiger partial charge in [-0.2, -0.15) is 0 Å². The fraction of sp³-hybridized carbons (Fsp3) is 0.385. The van der Waals surface area contributed by atoms with Crippen molar-refractivity contribution in [3.8, 4) is 0 Å². The molecule has 5 nitrogen and oxygen atoms in total. The van der Waals surface area contributed by atoms with Crippen LogP contribution in [0.15, 0.2) is 16.6 Å². The fourth-order valence-corrected chi connectivity index (χ4v) is 2.58. The van der Waals surface area contributed by atoms with Crippen LogP contribution >= 0.6 is 15.9 Å². The highest BCUT2D eigenvalue weighted by atomic mass is 79.9. The number of nitrogens with one attached hydrogen (secondary N) is 1. The smallest absolute Gasteiger partial charge is 0.321 e. The number of anilines is 1. The average Bonchev–Trinajstić information content (AvgIpc) is 2.78. The maximum absolute atomic E-state index is 13.6. The van der Waals surface area contributed by atoms with Crippen molar-refractivity contribution in [1.29, 1.82) is 0 Å². The molecule has 0 spiro atoms. The topological polar surface area (TPSA) is 69.6 Å². The predicted molar refractivity (Wildman–Crippen MR) is 74.9 cm³/mol. The molecule has 114 valence electrons. The van der Waals surface area contributed by atoms with Crippen LogP contribution in [0, 0.1) is 23.5 Å². The number of rotatable bonds is 2. The van der Waals surface area contributed by atoms with Gasteiger partial charge < -0.3 is 15.3 Å². The van der Waals surface area contributed by atoms with Gasteiger partial charge in [0.2, 0.25) is 0 Å². The predicted octanol–water partition coefficient (Wildman–Crippen LogP) is 2.91. The Morgan fingerprint density at radius 1 is 1.33 bits per heavy atom. The normalized spacial score (nSPS) is 21.4. The SMILES string of the molecule is CC1CN(C(=O)Nc2cc(F)c(Br)cc2F)CC1C(=O)O. The van der Waals surface area contributed by atoms with Crippen molar-refractivity contribution in [2.75, 3.05) is 18.4 Å². The number of amides is 2. The lowest BCUT2D eigenvalue weighted by Crippen LogP contribution is -2.34. The number of carboxylic acids is 1. The van der Waals surface area contributed by atoms with Gasteiger partial charge in [0.1, 0.15) is 11.6 Å². The molecule has 2 N–H and O–H groups in total. The summed E-state index contributed by atoms with van der Waals surface area (Å²) in [5, 5.41) is 11.3. The third-order valence-electron chi connectivity index (χ3n) is 3.47. The van der Waals surface area contributed by atoms with E-state index in [1.165, 1.54) is 4.90 Å². The number of carbonyl (C=O) groups is 2. The van der Waals surface area contributed by atoms with Crippen LogP contribution in [0.1, 0.15) is 6.92 Å². The molecule has 1 aromatic carbocycles. The number of carbonyl (C=O) groups excluding carboxylic acids is 1. The van der Waals surface area contributed by atoms with E-state index in [1.807, 2.05) is 0 Å². The molecule has 0 radical (unpaired) electrons. The molecule has 2 unspecified atom stereocenters. The summed E-state index contributed by atoms with van der Waals surface area (Å²) >= 11 is 2.84. The summed E-state index contributed by atoms with van der Waals surface area (Å²) in [4.78, 5) is 24.3. The molecule has 0 aliphatic carbocycles. The van der Waals surface area contributed by atoms with Crippen molar-refractivity contribution >= 4 is 33.6 Å². The highest BCUT2D eigenvalue weighted by Crippen LogP contribution is 2.26. The number of urea groups is 1. The summed E-state index contributed by atoms with van der Waals surface area (Å²) < 4.78 is 27.0. The average molecular weight is 363 g/mol. The van der Waals surface area contributed by atoms with E-state index < -0.39 is 29.6 Å². The van der Waals surface area contributed by atoms with E-state index in [0.717, 1.165) is 12.1 Å². The van der Waals surface area contributed by atoms with Crippen LogP contribution < -0.4 is 5.32 Å². The summed E-state index contributed by atoms with van der Waals surface area (Å²) in [5.41, 5.74) is -0.285. The summed E-state index contributed by atoms with van der Waals surface area (Å²) in [6.45, 7) is 2.03. The van der Waals surface area contributed by atoms with E-state index in [0.29, 0.717) is 0 Å². The Balaban J connectivity index is 2.09. The number of aliphatic carboxylic acids is 1. The molecule has 2 rings (SSSR count). The molecule has 0 saturated carbocycles. The minimum absolute atomic E-state index is 0.0428. The van der Waals surface area contributed by atoms with Gasteiger partial charge in [0.15, 0.2) is 0 Å². The number of hydrogen-bond acceptors (Lipinski definition) is 2. The van der Waals surface area contributed by atoms with E-state index in [4.69, 9.17) is 5.11 Å². The van der Waals surface area contributed by atoms with Gasteiger partial charge in [0.25, 0.3) is 0 Å². The van der Waals surface area contributed by atoms with E-state index in [-0.39, 0.29) is 29.2 Å². The van der Waals surface area contributed by atoms with E-state index in [9.17, 15) is 18.4 Å². The molecule has 0 bridgehead atoms. The molecule has 1 heterocycles. The molecule has 1 aromatic rings. The molecule has 1 aliphatic heterocycles. The number of carboxylic acid groups (broad SMARTS) is 1. The number of nitrogens with zero attached hydrogens (tertiary/aromatic N) is 1. The lowest BCUT2D eigenvalue weighted by Gasteiger charge is -2.17.